The van der Waals surface area contributed by atoms with Gasteiger partial charge in [-0.2, -0.15) is 0 Å². The second-order valence-electron chi connectivity index (χ2n) is 4.33. The van der Waals surface area contributed by atoms with Crippen LogP contribution in [0.4, 0.5) is 0 Å². The van der Waals surface area contributed by atoms with Crippen molar-refractivity contribution in [2.75, 3.05) is 13.7 Å². The zero-order valence-electron chi connectivity index (χ0n) is 10.2. The largest absolute Gasteiger partial charge is 0.394 e. The molecule has 0 bridgehead atoms. The molecule has 1 rings (SSSR count). The molecule has 0 aliphatic carbocycles. The number of aliphatic hydroxyl groups excluding tert-OH is 2. The van der Waals surface area contributed by atoms with Crippen molar-refractivity contribution in [3.8, 4) is 0 Å². The van der Waals surface area contributed by atoms with Gasteiger partial charge in [-0.25, -0.2) is 0 Å². The molecule has 0 amide bonds. The second kappa shape index (κ2) is 6.44. The minimum absolute atomic E-state index is 0.265. The van der Waals surface area contributed by atoms with Crippen LogP contribution in [-0.2, 0) is 14.2 Å². The van der Waals surface area contributed by atoms with E-state index in [1.54, 1.807) is 13.8 Å². The molecule has 17 heavy (non-hydrogen) atoms. The molecule has 0 aromatic carbocycles. The Morgan fingerprint density at radius 2 is 2.12 bits per heavy atom. The normalized spacial score (nSPS) is 31.9. The average molecular weight is 358 g/mol. The molecule has 1 fully saturated rings. The number of ether oxygens (including phenoxy) is 3. The lowest BCUT2D eigenvalue weighted by Crippen LogP contribution is -2.45. The Kier molecular flexibility index (Phi) is 5.81. The van der Waals surface area contributed by atoms with Gasteiger partial charge in [0, 0.05) is 7.11 Å². The molecule has 0 spiro atoms. The van der Waals surface area contributed by atoms with E-state index < -0.39 is 24.1 Å². The topological polar surface area (TPSA) is 68.2 Å². The van der Waals surface area contributed by atoms with Crippen LogP contribution in [0.1, 0.15) is 13.8 Å². The van der Waals surface area contributed by atoms with Crippen molar-refractivity contribution in [3.63, 3.8) is 0 Å². The van der Waals surface area contributed by atoms with Gasteiger partial charge in [0.2, 0.25) is 0 Å². The van der Waals surface area contributed by atoms with Crippen molar-refractivity contribution >= 4 is 22.6 Å². The van der Waals surface area contributed by atoms with E-state index in [9.17, 15) is 5.11 Å². The Hall–Kier alpha value is 0.270. The summed E-state index contributed by atoms with van der Waals surface area (Å²) in [6.45, 7) is 3.31. The Morgan fingerprint density at radius 1 is 1.47 bits per heavy atom. The Bertz CT molecular complexity index is 265. The molecule has 1 heterocycles. The van der Waals surface area contributed by atoms with Crippen LogP contribution in [0.5, 0.6) is 0 Å². The predicted octanol–water partition coefficient (Wildman–Crippen LogP) is 0.823. The van der Waals surface area contributed by atoms with E-state index in [4.69, 9.17) is 19.3 Å². The number of hydrogen-bond acceptors (Lipinski definition) is 5. The van der Waals surface area contributed by atoms with Crippen LogP contribution < -0.4 is 0 Å². The van der Waals surface area contributed by atoms with Gasteiger partial charge in [0.1, 0.15) is 24.4 Å². The molecule has 0 radical (unpaired) electrons. The van der Waals surface area contributed by atoms with E-state index in [1.165, 1.54) is 7.11 Å². The third kappa shape index (κ3) is 3.87. The second-order valence-corrected chi connectivity index (χ2v) is 5.05. The Labute approximate surface area is 115 Å². The minimum atomic E-state index is -0.940. The van der Waals surface area contributed by atoms with E-state index in [1.807, 2.05) is 10.2 Å². The summed E-state index contributed by atoms with van der Waals surface area (Å²) >= 11 is 2.08. The van der Waals surface area contributed by atoms with Crippen molar-refractivity contribution in [3.05, 3.63) is 10.2 Å². The molecule has 5 nitrogen and oxygen atoms in total. The lowest BCUT2D eigenvalue weighted by molar-refractivity contribution is -0.166. The Balaban J connectivity index is 2.79. The van der Waals surface area contributed by atoms with Gasteiger partial charge in [0.15, 0.2) is 5.79 Å². The fourth-order valence-electron chi connectivity index (χ4n) is 1.84. The number of aliphatic hydroxyl groups is 2. The molecule has 0 saturated carbocycles. The predicted molar refractivity (Wildman–Crippen MR) is 70.9 cm³/mol. The van der Waals surface area contributed by atoms with E-state index >= 15 is 0 Å². The maximum absolute atomic E-state index is 10.1. The summed E-state index contributed by atoms with van der Waals surface area (Å²) in [6.07, 6.45) is -0.700. The summed E-state index contributed by atoms with van der Waals surface area (Å²) < 4.78 is 18.1. The molecule has 0 aromatic rings. The summed E-state index contributed by atoms with van der Waals surface area (Å²) in [4.78, 5) is 0. The van der Waals surface area contributed by atoms with E-state index in [-0.39, 0.29) is 12.7 Å². The fraction of sp³-hybridized carbons (Fsp3) is 0.818. The van der Waals surface area contributed by atoms with Crippen LogP contribution in [0.25, 0.3) is 0 Å². The van der Waals surface area contributed by atoms with Gasteiger partial charge in [-0.15, -0.1) is 0 Å². The SMILES string of the molecule is CO[C@@H](CO)[C@H](O)[C@H]1OC(C)(C)O[C@@H]1/C=C/I. The number of methoxy groups -OCH3 is 1. The molecule has 2 N–H and O–H groups in total. The molecule has 4 atom stereocenters. The summed E-state index contributed by atoms with van der Waals surface area (Å²) in [6, 6.07) is 0. The van der Waals surface area contributed by atoms with Gasteiger partial charge in [0.05, 0.1) is 6.61 Å². The van der Waals surface area contributed by atoms with Crippen molar-refractivity contribution < 1.29 is 24.4 Å². The third-order valence-electron chi connectivity index (χ3n) is 2.63. The van der Waals surface area contributed by atoms with Gasteiger partial charge >= 0.3 is 0 Å². The molecule has 1 aliphatic rings. The highest BCUT2D eigenvalue weighted by Gasteiger charge is 2.45. The first-order valence-electron chi connectivity index (χ1n) is 5.39. The van der Waals surface area contributed by atoms with Crippen molar-refractivity contribution in [1.29, 1.82) is 0 Å². The first-order valence-corrected chi connectivity index (χ1v) is 6.64. The van der Waals surface area contributed by atoms with Gasteiger partial charge in [0.25, 0.3) is 0 Å². The van der Waals surface area contributed by atoms with Crippen LogP contribution in [0.15, 0.2) is 10.2 Å². The lowest BCUT2D eigenvalue weighted by Gasteiger charge is -2.26. The zero-order chi connectivity index (χ0) is 13.1. The summed E-state index contributed by atoms with van der Waals surface area (Å²) in [7, 11) is 1.44. The molecule has 0 unspecified atom stereocenters. The van der Waals surface area contributed by atoms with Crippen LogP contribution in [0.2, 0.25) is 0 Å². The number of hydrogen-bond donors (Lipinski definition) is 2. The van der Waals surface area contributed by atoms with Crippen molar-refractivity contribution in [1.82, 2.24) is 0 Å². The van der Waals surface area contributed by atoms with Crippen molar-refractivity contribution in [2.24, 2.45) is 0 Å². The zero-order valence-corrected chi connectivity index (χ0v) is 12.3. The average Bonchev–Trinajstić information content (AvgIpc) is 2.56. The molecule has 0 aromatic heterocycles. The van der Waals surface area contributed by atoms with Crippen LogP contribution in [0, 0.1) is 0 Å². The molecular formula is C11H19IO5. The quantitative estimate of drug-likeness (QED) is 0.713. The molecule has 100 valence electrons. The van der Waals surface area contributed by atoms with Gasteiger partial charge in [-0.1, -0.05) is 22.6 Å². The number of rotatable bonds is 5. The maximum Gasteiger partial charge on any atom is 0.164 e. The first kappa shape index (κ1) is 15.3. The van der Waals surface area contributed by atoms with E-state index in [2.05, 4.69) is 22.6 Å². The minimum Gasteiger partial charge on any atom is -0.394 e. The van der Waals surface area contributed by atoms with Gasteiger partial charge < -0.3 is 24.4 Å². The number of halogens is 1. The highest BCUT2D eigenvalue weighted by Crippen LogP contribution is 2.32. The molecule has 1 saturated heterocycles. The maximum atomic E-state index is 10.1. The third-order valence-corrected chi connectivity index (χ3v) is 3.04. The van der Waals surface area contributed by atoms with Crippen LogP contribution in [-0.4, -0.2) is 54.1 Å². The van der Waals surface area contributed by atoms with Crippen LogP contribution in [0.3, 0.4) is 0 Å². The highest BCUT2D eigenvalue weighted by molar-refractivity contribution is 14.1. The first-order chi connectivity index (χ1) is 7.95. The molecule has 1 aliphatic heterocycles. The summed E-state index contributed by atoms with van der Waals surface area (Å²) in [5.41, 5.74) is 0. The molecule has 6 heteroatoms. The van der Waals surface area contributed by atoms with Crippen LogP contribution >= 0.6 is 22.6 Å². The fourth-order valence-corrected chi connectivity index (χ4v) is 2.24. The van der Waals surface area contributed by atoms with E-state index in [0.717, 1.165) is 0 Å². The standard InChI is InChI=1S/C11H19IO5/c1-11(2)16-7(4-5-12)10(17-11)9(14)8(6-13)15-3/h4-5,7-10,13-14H,6H2,1-3H3/b5-4+/t7-,8+,9+,10+/m1/s1. The van der Waals surface area contributed by atoms with Gasteiger partial charge in [-0.3, -0.25) is 0 Å². The van der Waals surface area contributed by atoms with E-state index in [0.29, 0.717) is 0 Å². The molecular weight excluding hydrogens is 339 g/mol. The van der Waals surface area contributed by atoms with Crippen molar-refractivity contribution in [2.45, 2.75) is 44.1 Å². The van der Waals surface area contributed by atoms with Gasteiger partial charge in [-0.05, 0) is 24.0 Å². The summed E-state index contributed by atoms with van der Waals surface area (Å²) in [5, 5.41) is 19.2. The monoisotopic (exact) mass is 358 g/mol. The highest BCUT2D eigenvalue weighted by atomic mass is 127. The Morgan fingerprint density at radius 3 is 2.59 bits per heavy atom. The summed E-state index contributed by atoms with van der Waals surface area (Å²) in [5.74, 6) is -0.750. The smallest absolute Gasteiger partial charge is 0.164 e. The lowest BCUT2D eigenvalue weighted by atomic mass is 10.0.